The quantitative estimate of drug-likeness (QED) is 0.559. The molecule has 0 bridgehead atoms. The molecule has 0 saturated heterocycles. The standard InChI is InChI=1S/C16H9ClFNO4.K/c17-13-8-5-12(16(20)21)22-11(8)6-9-14(19-23-15(9)13)7-3-1-2-4-10(7)18;/h1-4,6,12H,5H2,(H,20,21);/q;+1/p-1. The van der Waals surface area contributed by atoms with Crippen molar-refractivity contribution in [3.8, 4) is 17.0 Å². The van der Waals surface area contributed by atoms with Gasteiger partial charge in [-0.25, -0.2) is 4.39 Å². The van der Waals surface area contributed by atoms with Crippen LogP contribution in [0.3, 0.4) is 0 Å². The summed E-state index contributed by atoms with van der Waals surface area (Å²) < 4.78 is 24.6. The summed E-state index contributed by atoms with van der Waals surface area (Å²) in [6.45, 7) is 0. The molecule has 0 fully saturated rings. The zero-order valence-electron chi connectivity index (χ0n) is 12.5. The van der Waals surface area contributed by atoms with Crippen molar-refractivity contribution in [3.05, 3.63) is 46.7 Å². The van der Waals surface area contributed by atoms with Crippen molar-refractivity contribution in [1.82, 2.24) is 5.16 Å². The average molecular weight is 372 g/mol. The molecule has 0 amide bonds. The van der Waals surface area contributed by atoms with Crippen LogP contribution in [0.1, 0.15) is 5.56 Å². The van der Waals surface area contributed by atoms with E-state index >= 15 is 0 Å². The van der Waals surface area contributed by atoms with E-state index in [2.05, 4.69) is 5.16 Å². The number of aromatic nitrogens is 1. The second-order valence-electron chi connectivity index (χ2n) is 5.18. The molecular weight excluding hydrogens is 364 g/mol. The van der Waals surface area contributed by atoms with Crippen LogP contribution in [-0.2, 0) is 11.2 Å². The van der Waals surface area contributed by atoms with Gasteiger partial charge in [0.1, 0.15) is 23.4 Å². The maximum atomic E-state index is 14.0. The Labute approximate surface area is 183 Å². The monoisotopic (exact) mass is 371 g/mol. The SMILES string of the molecule is O=C([O-])C1Cc2c(cc3c(-c4ccccc4F)noc3c2Cl)O1.[K+]. The van der Waals surface area contributed by atoms with Crippen molar-refractivity contribution in [1.29, 1.82) is 0 Å². The van der Waals surface area contributed by atoms with Gasteiger partial charge in [0.2, 0.25) is 0 Å². The predicted octanol–water partition coefficient (Wildman–Crippen LogP) is -0.655. The van der Waals surface area contributed by atoms with Crippen LogP contribution < -0.4 is 61.2 Å². The first-order valence-electron chi connectivity index (χ1n) is 6.79. The molecule has 0 radical (unpaired) electrons. The van der Waals surface area contributed by atoms with Gasteiger partial charge in [0.15, 0.2) is 5.58 Å². The summed E-state index contributed by atoms with van der Waals surface area (Å²) in [7, 11) is 0. The van der Waals surface area contributed by atoms with Crippen molar-refractivity contribution in [2.75, 3.05) is 0 Å². The van der Waals surface area contributed by atoms with Crippen LogP contribution in [0.25, 0.3) is 22.2 Å². The van der Waals surface area contributed by atoms with Crippen LogP contribution in [0.4, 0.5) is 4.39 Å². The van der Waals surface area contributed by atoms with Crippen molar-refractivity contribution in [2.45, 2.75) is 12.5 Å². The van der Waals surface area contributed by atoms with Gasteiger partial charge in [-0.3, -0.25) is 0 Å². The average Bonchev–Trinajstić information content (AvgIpc) is 3.13. The number of carbonyl (C=O) groups is 1. The van der Waals surface area contributed by atoms with Gasteiger partial charge in [-0.2, -0.15) is 0 Å². The fraction of sp³-hybridized carbons (Fsp3) is 0.125. The van der Waals surface area contributed by atoms with E-state index in [0.717, 1.165) is 0 Å². The number of hydrogen-bond acceptors (Lipinski definition) is 5. The van der Waals surface area contributed by atoms with Crippen LogP contribution in [0.5, 0.6) is 5.75 Å². The molecule has 2 heterocycles. The van der Waals surface area contributed by atoms with E-state index in [1.807, 2.05) is 0 Å². The van der Waals surface area contributed by atoms with Gasteiger partial charge in [-0.1, -0.05) is 28.9 Å². The van der Waals surface area contributed by atoms with E-state index in [-0.39, 0.29) is 79.7 Å². The molecule has 8 heteroatoms. The molecule has 0 aliphatic carbocycles. The molecule has 0 spiro atoms. The van der Waals surface area contributed by atoms with E-state index < -0.39 is 17.9 Å². The molecule has 0 saturated carbocycles. The fourth-order valence-electron chi connectivity index (χ4n) is 2.71. The number of nitrogens with zero attached hydrogens (tertiary/aromatic N) is 1. The summed E-state index contributed by atoms with van der Waals surface area (Å²) in [5.74, 6) is -1.45. The minimum atomic E-state index is -1.32. The molecule has 3 aromatic rings. The first-order valence-corrected chi connectivity index (χ1v) is 7.17. The van der Waals surface area contributed by atoms with Crippen LogP contribution >= 0.6 is 11.6 Å². The molecule has 24 heavy (non-hydrogen) atoms. The molecule has 2 aromatic carbocycles. The summed E-state index contributed by atoms with van der Waals surface area (Å²) in [6.07, 6.45) is -1.01. The molecule has 1 aliphatic rings. The number of rotatable bonds is 2. The molecule has 1 atom stereocenters. The first kappa shape index (κ1) is 17.8. The van der Waals surface area contributed by atoms with Crippen molar-refractivity contribution < 1.29 is 74.9 Å². The molecule has 1 unspecified atom stereocenters. The summed E-state index contributed by atoms with van der Waals surface area (Å²) in [4.78, 5) is 11.0. The van der Waals surface area contributed by atoms with Gasteiger partial charge in [0, 0.05) is 17.5 Å². The second-order valence-corrected chi connectivity index (χ2v) is 5.56. The number of fused-ring (bicyclic) bond motifs is 2. The predicted molar refractivity (Wildman–Crippen MR) is 77.5 cm³/mol. The smallest absolute Gasteiger partial charge is 0.546 e. The fourth-order valence-corrected chi connectivity index (χ4v) is 3.01. The number of hydrogen-bond donors (Lipinski definition) is 0. The Bertz CT molecular complexity index is 959. The molecule has 116 valence electrons. The molecular formula is C16H8ClFKNO4. The molecule has 4 rings (SSSR count). The maximum Gasteiger partial charge on any atom is 1.00 e. The van der Waals surface area contributed by atoms with Crippen LogP contribution in [0.2, 0.25) is 5.02 Å². The van der Waals surface area contributed by atoms with Crippen LogP contribution in [0, 0.1) is 5.82 Å². The van der Waals surface area contributed by atoms with Crippen molar-refractivity contribution >= 4 is 28.5 Å². The normalized spacial score (nSPS) is 15.7. The van der Waals surface area contributed by atoms with Crippen molar-refractivity contribution in [2.24, 2.45) is 0 Å². The van der Waals surface area contributed by atoms with Gasteiger partial charge >= 0.3 is 51.4 Å². The summed E-state index contributed by atoms with van der Waals surface area (Å²) in [6, 6.07) is 7.69. The van der Waals surface area contributed by atoms with Gasteiger partial charge < -0.3 is 19.2 Å². The Morgan fingerprint density at radius 2 is 2.12 bits per heavy atom. The summed E-state index contributed by atoms with van der Waals surface area (Å²) in [5, 5.41) is 15.6. The van der Waals surface area contributed by atoms with Crippen LogP contribution in [0.15, 0.2) is 34.9 Å². The van der Waals surface area contributed by atoms with E-state index in [1.165, 1.54) is 6.07 Å². The minimum absolute atomic E-state index is 0. The van der Waals surface area contributed by atoms with Crippen LogP contribution in [-0.4, -0.2) is 17.2 Å². The zero-order valence-corrected chi connectivity index (χ0v) is 16.4. The number of carboxylic acids is 1. The molecule has 0 N–H and O–H groups in total. The Balaban J connectivity index is 0.00000169. The van der Waals surface area contributed by atoms with E-state index in [9.17, 15) is 14.3 Å². The number of ether oxygens (including phenoxy) is 1. The van der Waals surface area contributed by atoms with Gasteiger partial charge in [0.05, 0.1) is 16.4 Å². The first-order chi connectivity index (χ1) is 11.1. The molecule has 1 aromatic heterocycles. The summed E-state index contributed by atoms with van der Waals surface area (Å²) in [5.41, 5.74) is 1.33. The second kappa shape index (κ2) is 6.74. The zero-order chi connectivity index (χ0) is 16.1. The number of benzene rings is 2. The largest absolute Gasteiger partial charge is 1.00 e. The molecule has 5 nitrogen and oxygen atoms in total. The summed E-state index contributed by atoms with van der Waals surface area (Å²) >= 11 is 6.28. The Morgan fingerprint density at radius 3 is 2.83 bits per heavy atom. The Kier molecular flexibility index (Phi) is 5.01. The third-order valence-electron chi connectivity index (χ3n) is 3.82. The van der Waals surface area contributed by atoms with E-state index in [0.29, 0.717) is 16.7 Å². The third-order valence-corrected chi connectivity index (χ3v) is 4.22. The number of halogens is 2. The Hall–Kier alpha value is -0.964. The number of carbonyl (C=O) groups excluding carboxylic acids is 1. The minimum Gasteiger partial charge on any atom is -0.546 e. The van der Waals surface area contributed by atoms with E-state index in [1.54, 1.807) is 24.3 Å². The third kappa shape index (κ3) is 2.79. The number of aliphatic carboxylic acids is 1. The van der Waals surface area contributed by atoms with Gasteiger partial charge in [-0.05, 0) is 18.2 Å². The van der Waals surface area contributed by atoms with Crippen molar-refractivity contribution in [3.63, 3.8) is 0 Å². The van der Waals surface area contributed by atoms with Gasteiger partial charge in [-0.15, -0.1) is 0 Å². The van der Waals surface area contributed by atoms with Gasteiger partial charge in [0.25, 0.3) is 0 Å². The maximum absolute atomic E-state index is 14.0. The Morgan fingerprint density at radius 1 is 1.38 bits per heavy atom. The topological polar surface area (TPSA) is 75.4 Å². The number of carboxylic acid groups (broad SMARTS) is 1. The molecule has 1 aliphatic heterocycles. The van der Waals surface area contributed by atoms with E-state index in [4.69, 9.17) is 20.9 Å².